The number of hydrogen-bond donors (Lipinski definition) is 2. The van der Waals surface area contributed by atoms with Gasteiger partial charge < -0.3 is 24.3 Å². The Morgan fingerprint density at radius 1 is 1.27 bits per heavy atom. The number of urea groups is 1. The second-order valence-electron chi connectivity index (χ2n) is 10.6. The summed E-state index contributed by atoms with van der Waals surface area (Å²) < 4.78 is 13.1. The lowest BCUT2D eigenvalue weighted by atomic mass is 10.2. The molecule has 0 aliphatic carbocycles. The maximum absolute atomic E-state index is 12.4. The number of fused-ring (bicyclic) bond motifs is 1. The number of nitrogens with one attached hydrogen (secondary N) is 2. The van der Waals surface area contributed by atoms with Crippen molar-refractivity contribution in [2.24, 2.45) is 0 Å². The summed E-state index contributed by atoms with van der Waals surface area (Å²) in [5.41, 5.74) is 0.840. The molecule has 10 nitrogen and oxygen atoms in total. The van der Waals surface area contributed by atoms with E-state index in [1.165, 1.54) is 6.20 Å². The fourth-order valence-electron chi connectivity index (χ4n) is 3.38. The Kier molecular flexibility index (Phi) is 7.63. The monoisotopic (exact) mass is 476 g/mol. The molecular weight excluding hydrogens is 440 g/mol. The van der Waals surface area contributed by atoms with Crippen LogP contribution in [0.3, 0.4) is 0 Å². The third kappa shape index (κ3) is 7.71. The van der Waals surface area contributed by atoms with Crippen LogP contribution in [-0.4, -0.2) is 71.0 Å². The second kappa shape index (κ2) is 10.1. The zero-order valence-corrected chi connectivity index (χ0v) is 21.5. The standard InChI is InChI=1S/C22H36N6O4Si/c1-22(2,3)32-21(30)27-9-7-16(14-27)24-20(29)26-18-13-23-19-17(25-18)8-10-28(19)15-31-11-12-33(4,5)6/h8,10,13,16H,7,9,11-12,14-15H2,1-6H3,(H2,24,25,26,29)/t16-/m0/s1. The summed E-state index contributed by atoms with van der Waals surface area (Å²) in [4.78, 5) is 35.1. The Balaban J connectivity index is 1.49. The van der Waals surface area contributed by atoms with Gasteiger partial charge in [0.2, 0.25) is 0 Å². The first-order valence-electron chi connectivity index (χ1n) is 11.3. The molecule has 182 valence electrons. The summed E-state index contributed by atoms with van der Waals surface area (Å²) in [5.74, 6) is 0.361. The fraction of sp³-hybridized carbons (Fsp3) is 0.636. The lowest BCUT2D eigenvalue weighted by molar-refractivity contribution is 0.0291. The molecular formula is C22H36N6O4Si. The summed E-state index contributed by atoms with van der Waals surface area (Å²) in [7, 11) is -1.12. The van der Waals surface area contributed by atoms with Crippen LogP contribution in [0.1, 0.15) is 27.2 Å². The molecule has 0 spiro atoms. The van der Waals surface area contributed by atoms with Gasteiger partial charge >= 0.3 is 12.1 Å². The minimum atomic E-state index is -1.12. The average Bonchev–Trinajstić information content (AvgIpc) is 3.30. The lowest BCUT2D eigenvalue weighted by Gasteiger charge is -2.24. The third-order valence-electron chi connectivity index (χ3n) is 5.11. The Labute approximate surface area is 196 Å². The first kappa shape index (κ1) is 25.0. The van der Waals surface area contributed by atoms with Gasteiger partial charge in [-0.1, -0.05) is 19.6 Å². The minimum Gasteiger partial charge on any atom is -0.444 e. The highest BCUT2D eigenvalue weighted by Gasteiger charge is 2.30. The van der Waals surface area contributed by atoms with E-state index in [1.54, 1.807) is 4.90 Å². The van der Waals surface area contributed by atoms with Gasteiger partial charge in [-0.05, 0) is 39.3 Å². The van der Waals surface area contributed by atoms with E-state index >= 15 is 0 Å². The van der Waals surface area contributed by atoms with Crippen molar-refractivity contribution in [1.29, 1.82) is 0 Å². The molecule has 1 saturated heterocycles. The molecule has 2 aromatic heterocycles. The van der Waals surface area contributed by atoms with Crippen LogP contribution in [0.2, 0.25) is 25.7 Å². The molecule has 3 heterocycles. The van der Waals surface area contributed by atoms with Crippen LogP contribution in [0.4, 0.5) is 15.4 Å². The van der Waals surface area contributed by atoms with Crippen molar-refractivity contribution in [2.45, 2.75) is 71.3 Å². The second-order valence-corrected chi connectivity index (χ2v) is 16.2. The molecule has 1 aliphatic rings. The number of rotatable bonds is 7. The maximum atomic E-state index is 12.4. The highest BCUT2D eigenvalue weighted by molar-refractivity contribution is 6.76. The van der Waals surface area contributed by atoms with Crippen LogP contribution in [-0.2, 0) is 16.2 Å². The fourth-order valence-corrected chi connectivity index (χ4v) is 4.13. The van der Waals surface area contributed by atoms with E-state index in [2.05, 4.69) is 40.2 Å². The Morgan fingerprint density at radius 3 is 2.73 bits per heavy atom. The van der Waals surface area contributed by atoms with Gasteiger partial charge in [0.25, 0.3) is 0 Å². The van der Waals surface area contributed by atoms with E-state index in [1.807, 2.05) is 37.6 Å². The molecule has 3 amide bonds. The van der Waals surface area contributed by atoms with E-state index < -0.39 is 13.7 Å². The van der Waals surface area contributed by atoms with Crippen LogP contribution in [0, 0.1) is 0 Å². The van der Waals surface area contributed by atoms with Crippen LogP contribution in [0.15, 0.2) is 18.5 Å². The van der Waals surface area contributed by atoms with Crippen LogP contribution < -0.4 is 10.6 Å². The first-order valence-corrected chi connectivity index (χ1v) is 15.1. The normalized spacial score (nSPS) is 16.8. The summed E-state index contributed by atoms with van der Waals surface area (Å²) in [5, 5.41) is 5.61. The van der Waals surface area contributed by atoms with Crippen molar-refractivity contribution in [3.8, 4) is 0 Å². The summed E-state index contributed by atoms with van der Waals surface area (Å²) >= 11 is 0. The molecule has 1 atom stereocenters. The number of likely N-dealkylation sites (tertiary alicyclic amines) is 1. The lowest BCUT2D eigenvalue weighted by Crippen LogP contribution is -2.41. The molecule has 0 radical (unpaired) electrons. The number of hydrogen-bond acceptors (Lipinski definition) is 6. The summed E-state index contributed by atoms with van der Waals surface area (Å²) in [6.45, 7) is 14.6. The molecule has 0 saturated carbocycles. The molecule has 3 rings (SSSR count). The van der Waals surface area contributed by atoms with Crippen molar-refractivity contribution < 1.29 is 19.1 Å². The molecule has 0 aromatic carbocycles. The van der Waals surface area contributed by atoms with Crippen molar-refractivity contribution in [1.82, 2.24) is 24.8 Å². The van der Waals surface area contributed by atoms with Crippen LogP contribution in [0.25, 0.3) is 11.2 Å². The smallest absolute Gasteiger partial charge is 0.410 e. The molecule has 33 heavy (non-hydrogen) atoms. The van der Waals surface area contributed by atoms with Gasteiger partial charge in [-0.2, -0.15) is 0 Å². The van der Waals surface area contributed by atoms with Gasteiger partial charge in [-0.3, -0.25) is 5.32 Å². The molecule has 0 unspecified atom stereocenters. The number of nitrogens with zero attached hydrogens (tertiary/aromatic N) is 4. The number of anilines is 1. The molecule has 1 aliphatic heterocycles. The Morgan fingerprint density at radius 2 is 2.03 bits per heavy atom. The van der Waals surface area contributed by atoms with Crippen LogP contribution >= 0.6 is 0 Å². The third-order valence-corrected chi connectivity index (χ3v) is 6.81. The van der Waals surface area contributed by atoms with Gasteiger partial charge in [0.1, 0.15) is 17.8 Å². The number of carbonyl (C=O) groups is 2. The van der Waals surface area contributed by atoms with E-state index in [4.69, 9.17) is 9.47 Å². The van der Waals surface area contributed by atoms with E-state index in [9.17, 15) is 9.59 Å². The first-order chi connectivity index (χ1) is 15.4. The maximum Gasteiger partial charge on any atom is 0.410 e. The number of amides is 3. The largest absolute Gasteiger partial charge is 0.444 e. The SMILES string of the molecule is CC(C)(C)OC(=O)N1CC[C@H](NC(=O)Nc2cnc3c(ccn3COCC[Si](C)(C)C)n2)C1. The van der Waals surface area contributed by atoms with Crippen molar-refractivity contribution in [3.05, 3.63) is 18.5 Å². The van der Waals surface area contributed by atoms with Gasteiger partial charge in [-0.15, -0.1) is 0 Å². The minimum absolute atomic E-state index is 0.149. The zero-order valence-electron chi connectivity index (χ0n) is 20.5. The molecule has 2 N–H and O–H groups in total. The molecule has 2 aromatic rings. The zero-order chi connectivity index (χ0) is 24.2. The van der Waals surface area contributed by atoms with E-state index in [0.717, 1.165) is 12.7 Å². The van der Waals surface area contributed by atoms with Gasteiger partial charge in [0.15, 0.2) is 11.5 Å². The van der Waals surface area contributed by atoms with Crippen molar-refractivity contribution in [2.75, 3.05) is 25.0 Å². The topological polar surface area (TPSA) is 111 Å². The number of ether oxygens (including phenoxy) is 2. The summed E-state index contributed by atoms with van der Waals surface area (Å²) in [6, 6.07) is 2.43. The highest BCUT2D eigenvalue weighted by atomic mass is 28.3. The van der Waals surface area contributed by atoms with E-state index in [0.29, 0.717) is 43.2 Å². The number of aromatic nitrogens is 3. The Hall–Kier alpha value is -2.66. The molecule has 1 fully saturated rings. The predicted octanol–water partition coefficient (Wildman–Crippen LogP) is 3.87. The van der Waals surface area contributed by atoms with Gasteiger partial charge in [-0.25, -0.2) is 19.6 Å². The Bertz CT molecular complexity index is 981. The predicted molar refractivity (Wildman–Crippen MR) is 130 cm³/mol. The van der Waals surface area contributed by atoms with Crippen molar-refractivity contribution >= 4 is 37.2 Å². The van der Waals surface area contributed by atoms with Crippen LogP contribution in [0.5, 0.6) is 0 Å². The van der Waals surface area contributed by atoms with Gasteiger partial charge in [0.05, 0.1) is 6.20 Å². The summed E-state index contributed by atoms with van der Waals surface area (Å²) in [6.07, 6.45) is 3.71. The molecule has 0 bridgehead atoms. The van der Waals surface area contributed by atoms with Gasteiger partial charge in [0, 0.05) is 40.0 Å². The average molecular weight is 477 g/mol. The number of carbonyl (C=O) groups excluding carboxylic acids is 2. The quantitative estimate of drug-likeness (QED) is 0.464. The van der Waals surface area contributed by atoms with E-state index in [-0.39, 0.29) is 18.2 Å². The molecule has 11 heteroatoms. The van der Waals surface area contributed by atoms with Crippen molar-refractivity contribution in [3.63, 3.8) is 0 Å². The highest BCUT2D eigenvalue weighted by Crippen LogP contribution is 2.17.